The van der Waals surface area contributed by atoms with Gasteiger partial charge in [0.2, 0.25) is 0 Å². The van der Waals surface area contributed by atoms with Crippen LogP contribution in [0.25, 0.3) is 0 Å². The smallest absolute Gasteiger partial charge is 0.191 e. The average molecular weight is 363 g/mol. The van der Waals surface area contributed by atoms with Gasteiger partial charge in [-0.25, -0.2) is 8.78 Å². The number of aryl methyl sites for hydroxylation is 1. The van der Waals surface area contributed by atoms with E-state index in [-0.39, 0.29) is 15.8 Å². The number of halogens is 3. The quantitative estimate of drug-likeness (QED) is 0.656. The molecule has 1 aromatic heterocycles. The molecule has 108 valence electrons. The summed E-state index contributed by atoms with van der Waals surface area (Å²) in [7, 11) is 0. The number of rotatable bonds is 5. The second-order valence-electron chi connectivity index (χ2n) is 4.08. The van der Waals surface area contributed by atoms with E-state index in [1.807, 2.05) is 11.5 Å². The van der Waals surface area contributed by atoms with Gasteiger partial charge in [-0.2, -0.15) is 0 Å². The predicted octanol–water partition coefficient (Wildman–Crippen LogP) is 2.88. The van der Waals surface area contributed by atoms with Crippen molar-refractivity contribution in [3.05, 3.63) is 39.6 Å². The van der Waals surface area contributed by atoms with Crippen LogP contribution in [-0.4, -0.2) is 21.3 Å². The monoisotopic (exact) mass is 362 g/mol. The maximum atomic E-state index is 13.9. The molecule has 2 N–H and O–H groups in total. The molecule has 1 heterocycles. The van der Waals surface area contributed by atoms with E-state index < -0.39 is 11.6 Å². The third kappa shape index (κ3) is 3.18. The Bertz CT molecular complexity index is 618. The maximum absolute atomic E-state index is 13.9. The molecule has 1 aromatic carbocycles. The average Bonchev–Trinajstić information content (AvgIpc) is 2.76. The van der Waals surface area contributed by atoms with Gasteiger partial charge in [0.1, 0.15) is 17.5 Å². The summed E-state index contributed by atoms with van der Waals surface area (Å²) >= 11 is 4.28. The molecule has 0 aliphatic rings. The van der Waals surface area contributed by atoms with Gasteiger partial charge in [0.05, 0.1) is 4.47 Å². The molecule has 0 fully saturated rings. The summed E-state index contributed by atoms with van der Waals surface area (Å²) in [6.45, 7) is 2.84. The van der Waals surface area contributed by atoms with Gasteiger partial charge in [-0.1, -0.05) is 11.8 Å². The van der Waals surface area contributed by atoms with Crippen LogP contribution in [0.15, 0.2) is 21.8 Å². The number of hydrogen-bond acceptors (Lipinski definition) is 4. The largest absolute Gasteiger partial charge is 0.329 e. The van der Waals surface area contributed by atoms with E-state index in [1.165, 1.54) is 23.9 Å². The van der Waals surface area contributed by atoms with Crippen molar-refractivity contribution in [1.82, 2.24) is 14.8 Å². The SMILES string of the molecule is Cc1nnc(SCc2c(F)ccc(Br)c2F)n1CCN. The van der Waals surface area contributed by atoms with Crippen molar-refractivity contribution in [3.8, 4) is 0 Å². The van der Waals surface area contributed by atoms with Crippen LogP contribution in [0.5, 0.6) is 0 Å². The van der Waals surface area contributed by atoms with Gasteiger partial charge in [0, 0.05) is 24.4 Å². The molecular formula is C12H13BrF2N4S. The Balaban J connectivity index is 2.19. The second kappa shape index (κ2) is 6.64. The van der Waals surface area contributed by atoms with Gasteiger partial charge in [-0.15, -0.1) is 10.2 Å². The maximum Gasteiger partial charge on any atom is 0.191 e. The van der Waals surface area contributed by atoms with E-state index in [4.69, 9.17) is 5.73 Å². The lowest BCUT2D eigenvalue weighted by atomic mass is 10.2. The van der Waals surface area contributed by atoms with Gasteiger partial charge in [0.15, 0.2) is 5.16 Å². The Labute approximate surface area is 127 Å². The fourth-order valence-corrected chi connectivity index (χ4v) is 3.08. The van der Waals surface area contributed by atoms with Gasteiger partial charge < -0.3 is 10.3 Å². The zero-order valence-electron chi connectivity index (χ0n) is 10.7. The third-order valence-corrected chi connectivity index (χ3v) is 4.34. The van der Waals surface area contributed by atoms with Crippen LogP contribution in [-0.2, 0) is 12.3 Å². The molecule has 0 saturated heterocycles. The normalized spacial score (nSPS) is 11.1. The van der Waals surface area contributed by atoms with Crippen molar-refractivity contribution in [1.29, 1.82) is 0 Å². The summed E-state index contributed by atoms with van der Waals surface area (Å²) in [6, 6.07) is 2.58. The number of aromatic nitrogens is 3. The Morgan fingerprint density at radius 3 is 2.80 bits per heavy atom. The standard InChI is InChI=1S/C12H13BrF2N4S/c1-7-17-18-12(19(7)5-4-16)20-6-8-10(14)3-2-9(13)11(8)15/h2-3H,4-6,16H2,1H3. The number of nitrogens with two attached hydrogens (primary N) is 1. The van der Waals surface area contributed by atoms with E-state index in [9.17, 15) is 8.78 Å². The minimum atomic E-state index is -0.584. The molecular weight excluding hydrogens is 350 g/mol. The Hall–Kier alpha value is -0.990. The number of nitrogens with zero attached hydrogens (tertiary/aromatic N) is 3. The molecule has 0 bridgehead atoms. The van der Waals surface area contributed by atoms with Gasteiger partial charge in [0.25, 0.3) is 0 Å². The molecule has 0 radical (unpaired) electrons. The molecule has 0 spiro atoms. The van der Waals surface area contributed by atoms with Gasteiger partial charge in [-0.05, 0) is 35.0 Å². The molecule has 0 unspecified atom stereocenters. The highest BCUT2D eigenvalue weighted by atomic mass is 79.9. The number of hydrogen-bond donors (Lipinski definition) is 1. The topological polar surface area (TPSA) is 56.7 Å². The van der Waals surface area contributed by atoms with E-state index in [0.717, 1.165) is 5.82 Å². The lowest BCUT2D eigenvalue weighted by Gasteiger charge is -2.08. The van der Waals surface area contributed by atoms with Crippen molar-refractivity contribution in [2.75, 3.05) is 6.54 Å². The highest BCUT2D eigenvalue weighted by molar-refractivity contribution is 9.10. The summed E-state index contributed by atoms with van der Waals surface area (Å²) in [6.07, 6.45) is 0. The van der Waals surface area contributed by atoms with Crippen molar-refractivity contribution >= 4 is 27.7 Å². The van der Waals surface area contributed by atoms with Crippen LogP contribution < -0.4 is 5.73 Å². The first-order chi connectivity index (χ1) is 9.54. The number of thioether (sulfide) groups is 1. The third-order valence-electron chi connectivity index (χ3n) is 2.74. The molecule has 0 amide bonds. The molecule has 2 rings (SSSR count). The number of benzene rings is 1. The molecule has 0 atom stereocenters. The van der Waals surface area contributed by atoms with Crippen molar-refractivity contribution in [2.24, 2.45) is 5.73 Å². The zero-order chi connectivity index (χ0) is 14.7. The highest BCUT2D eigenvalue weighted by Gasteiger charge is 2.15. The Kier molecular flexibility index (Phi) is 5.11. The van der Waals surface area contributed by atoms with Crippen LogP contribution in [0.3, 0.4) is 0 Å². The lowest BCUT2D eigenvalue weighted by Crippen LogP contribution is -2.12. The van der Waals surface area contributed by atoms with Crippen LogP contribution in [0.1, 0.15) is 11.4 Å². The summed E-state index contributed by atoms with van der Waals surface area (Å²) in [4.78, 5) is 0. The molecule has 0 aliphatic heterocycles. The minimum Gasteiger partial charge on any atom is -0.329 e. The summed E-state index contributed by atoms with van der Waals surface area (Å²) < 4.78 is 29.6. The van der Waals surface area contributed by atoms with E-state index >= 15 is 0 Å². The Morgan fingerprint density at radius 1 is 1.35 bits per heavy atom. The minimum absolute atomic E-state index is 0.0179. The van der Waals surface area contributed by atoms with E-state index in [0.29, 0.717) is 18.2 Å². The fraction of sp³-hybridized carbons (Fsp3) is 0.333. The van der Waals surface area contributed by atoms with Crippen LogP contribution >= 0.6 is 27.7 Å². The lowest BCUT2D eigenvalue weighted by molar-refractivity contribution is 0.561. The molecule has 2 aromatic rings. The highest BCUT2D eigenvalue weighted by Crippen LogP contribution is 2.28. The van der Waals surface area contributed by atoms with Crippen molar-refractivity contribution in [3.63, 3.8) is 0 Å². The predicted molar refractivity (Wildman–Crippen MR) is 77.4 cm³/mol. The van der Waals surface area contributed by atoms with Crippen LogP contribution in [0.4, 0.5) is 8.78 Å². The summed E-state index contributed by atoms with van der Waals surface area (Å²) in [5, 5.41) is 8.55. The Morgan fingerprint density at radius 2 is 2.10 bits per heavy atom. The van der Waals surface area contributed by atoms with Crippen molar-refractivity contribution in [2.45, 2.75) is 24.4 Å². The molecule has 4 nitrogen and oxygen atoms in total. The first-order valence-corrected chi connectivity index (χ1v) is 7.67. The van der Waals surface area contributed by atoms with Gasteiger partial charge in [-0.3, -0.25) is 0 Å². The summed E-state index contributed by atoms with van der Waals surface area (Å²) in [5.74, 6) is -0.285. The molecule has 0 saturated carbocycles. The van der Waals surface area contributed by atoms with Crippen LogP contribution in [0.2, 0.25) is 0 Å². The first kappa shape index (κ1) is 15.4. The second-order valence-corrected chi connectivity index (χ2v) is 5.88. The fourth-order valence-electron chi connectivity index (χ4n) is 1.69. The molecule has 0 aliphatic carbocycles. The molecule has 20 heavy (non-hydrogen) atoms. The van der Waals surface area contributed by atoms with E-state index in [2.05, 4.69) is 26.1 Å². The van der Waals surface area contributed by atoms with Crippen molar-refractivity contribution < 1.29 is 8.78 Å². The van der Waals surface area contributed by atoms with Gasteiger partial charge >= 0.3 is 0 Å². The first-order valence-electron chi connectivity index (χ1n) is 5.89. The summed E-state index contributed by atoms with van der Waals surface area (Å²) in [5.41, 5.74) is 5.54. The van der Waals surface area contributed by atoms with Crippen LogP contribution in [0, 0.1) is 18.6 Å². The molecule has 8 heteroatoms. The zero-order valence-corrected chi connectivity index (χ0v) is 13.1. The van der Waals surface area contributed by atoms with E-state index in [1.54, 1.807) is 0 Å².